The van der Waals surface area contributed by atoms with Gasteiger partial charge in [-0.05, 0) is 59.0 Å². The lowest BCUT2D eigenvalue weighted by atomic mass is 9.93. The van der Waals surface area contributed by atoms with Crippen LogP contribution < -0.4 is 15.8 Å². The molecule has 1 atom stereocenters. The Morgan fingerprint density at radius 3 is 3.07 bits per heavy atom. The first-order valence-corrected chi connectivity index (χ1v) is 9.76. The highest BCUT2D eigenvalue weighted by Crippen LogP contribution is 2.25. The van der Waals surface area contributed by atoms with E-state index in [0.29, 0.717) is 23.8 Å². The van der Waals surface area contributed by atoms with Crippen LogP contribution in [-0.2, 0) is 11.8 Å². The van der Waals surface area contributed by atoms with E-state index in [1.165, 1.54) is 10.6 Å². The average Bonchev–Trinajstić information content (AvgIpc) is 2.66. The summed E-state index contributed by atoms with van der Waals surface area (Å²) in [6.07, 6.45) is 5.73. The van der Waals surface area contributed by atoms with Gasteiger partial charge in [-0.15, -0.1) is 0 Å². The number of rotatable bonds is 6. The third-order valence-corrected chi connectivity index (χ3v) is 5.14. The highest BCUT2D eigenvalue weighted by molar-refractivity contribution is 9.10. The number of hydrogen-bond donors (Lipinski definition) is 1. The molecule has 142 valence electrons. The molecule has 0 spiro atoms. The van der Waals surface area contributed by atoms with Crippen molar-refractivity contribution in [2.75, 3.05) is 23.3 Å². The quantitative estimate of drug-likeness (QED) is 0.708. The van der Waals surface area contributed by atoms with Gasteiger partial charge in [0.2, 0.25) is 0 Å². The van der Waals surface area contributed by atoms with E-state index < -0.39 is 0 Å². The summed E-state index contributed by atoms with van der Waals surface area (Å²) in [6.45, 7) is 5.27. The Balaban J connectivity index is 1.77. The van der Waals surface area contributed by atoms with Crippen molar-refractivity contribution in [2.45, 2.75) is 19.3 Å². The molecule has 3 heterocycles. The molecule has 3 rings (SSSR count). The second kappa shape index (κ2) is 8.52. The number of nitrogens with zero attached hydrogens (tertiary/aromatic N) is 3. The molecule has 1 N–H and O–H groups in total. The van der Waals surface area contributed by atoms with E-state index in [1.807, 2.05) is 18.2 Å². The molecule has 0 aliphatic carbocycles. The molecule has 2 aromatic rings. The van der Waals surface area contributed by atoms with Gasteiger partial charge in [-0.3, -0.25) is 9.59 Å². The Morgan fingerprint density at radius 2 is 2.30 bits per heavy atom. The smallest absolute Gasteiger partial charge is 0.274 e. The normalized spacial score (nSPS) is 16.8. The summed E-state index contributed by atoms with van der Waals surface area (Å²) in [5, 5.41) is 3.12. The van der Waals surface area contributed by atoms with Crippen LogP contribution in [0.3, 0.4) is 0 Å². The molecule has 0 unspecified atom stereocenters. The van der Waals surface area contributed by atoms with E-state index in [9.17, 15) is 9.59 Å². The monoisotopic (exact) mass is 430 g/mol. The molecular formula is C20H23BrN4O2. The maximum atomic E-state index is 12.3. The number of anilines is 3. The zero-order valence-electron chi connectivity index (χ0n) is 15.3. The number of aryl methyl sites for hydroxylation is 1. The lowest BCUT2D eigenvalue weighted by Gasteiger charge is -2.33. The van der Waals surface area contributed by atoms with Gasteiger partial charge in [-0.2, -0.15) is 0 Å². The minimum atomic E-state index is -0.119. The van der Waals surface area contributed by atoms with Crippen LogP contribution in [0.15, 0.2) is 52.4 Å². The van der Waals surface area contributed by atoms with Gasteiger partial charge in [0, 0.05) is 37.2 Å². The summed E-state index contributed by atoms with van der Waals surface area (Å²) >= 11 is 3.41. The summed E-state index contributed by atoms with van der Waals surface area (Å²) < 4.78 is 2.33. The molecule has 1 aliphatic heterocycles. The largest absolute Gasteiger partial charge is 0.356 e. The summed E-state index contributed by atoms with van der Waals surface area (Å²) in [5.41, 5.74) is 0.344. The summed E-state index contributed by atoms with van der Waals surface area (Å²) in [4.78, 5) is 30.8. The fourth-order valence-corrected chi connectivity index (χ4v) is 3.91. The Kier molecular flexibility index (Phi) is 6.11. The molecule has 1 fully saturated rings. The highest BCUT2D eigenvalue weighted by atomic mass is 79.9. The first kappa shape index (κ1) is 19.4. The predicted octanol–water partition coefficient (Wildman–Crippen LogP) is 3.65. The van der Waals surface area contributed by atoms with Crippen LogP contribution in [-0.4, -0.2) is 28.4 Å². The van der Waals surface area contributed by atoms with Crippen LogP contribution in [0.2, 0.25) is 0 Å². The number of pyridine rings is 2. The summed E-state index contributed by atoms with van der Waals surface area (Å²) in [5.74, 6) is 1.88. The zero-order chi connectivity index (χ0) is 19.4. The molecular weight excluding hydrogens is 408 g/mol. The average molecular weight is 431 g/mol. The van der Waals surface area contributed by atoms with Crippen molar-refractivity contribution in [3.05, 3.63) is 57.9 Å². The number of allylic oxidation sites excluding steroid dienone is 1. The molecule has 0 aromatic carbocycles. The molecule has 7 heteroatoms. The van der Waals surface area contributed by atoms with E-state index in [0.717, 1.165) is 36.2 Å². The van der Waals surface area contributed by atoms with Crippen molar-refractivity contribution in [3.63, 3.8) is 0 Å². The Labute approximate surface area is 167 Å². The molecule has 27 heavy (non-hydrogen) atoms. The second-order valence-electron chi connectivity index (χ2n) is 6.82. The predicted molar refractivity (Wildman–Crippen MR) is 112 cm³/mol. The molecule has 0 radical (unpaired) electrons. The maximum absolute atomic E-state index is 12.3. The van der Waals surface area contributed by atoms with Crippen LogP contribution in [0.5, 0.6) is 0 Å². The van der Waals surface area contributed by atoms with E-state index in [2.05, 4.69) is 37.7 Å². The Bertz CT molecular complexity index is 909. The first-order chi connectivity index (χ1) is 13.0. The van der Waals surface area contributed by atoms with Crippen molar-refractivity contribution in [1.82, 2.24) is 9.55 Å². The topological polar surface area (TPSA) is 67.2 Å². The van der Waals surface area contributed by atoms with Crippen LogP contribution in [0.1, 0.15) is 19.3 Å². The maximum Gasteiger partial charge on any atom is 0.274 e. The minimum absolute atomic E-state index is 0.0933. The SMILES string of the molecule is C=CC(=O)C[C@H]1CCCN(c2cccc(Nc3cc(Br)cn(C)c3=O)n2)C1. The van der Waals surface area contributed by atoms with E-state index >= 15 is 0 Å². The molecule has 0 amide bonds. The Hall–Kier alpha value is -2.41. The van der Waals surface area contributed by atoms with Crippen LogP contribution in [0.25, 0.3) is 0 Å². The van der Waals surface area contributed by atoms with Gasteiger partial charge >= 0.3 is 0 Å². The van der Waals surface area contributed by atoms with E-state index in [-0.39, 0.29) is 11.3 Å². The number of carbonyl (C=O) groups excluding carboxylic acids is 1. The fourth-order valence-electron chi connectivity index (χ4n) is 3.37. The van der Waals surface area contributed by atoms with Crippen LogP contribution >= 0.6 is 15.9 Å². The van der Waals surface area contributed by atoms with Crippen molar-refractivity contribution < 1.29 is 4.79 Å². The molecule has 6 nitrogen and oxygen atoms in total. The highest BCUT2D eigenvalue weighted by Gasteiger charge is 2.22. The van der Waals surface area contributed by atoms with Crippen LogP contribution in [0, 0.1) is 5.92 Å². The third kappa shape index (κ3) is 4.86. The standard InChI is InChI=1S/C20H23BrN4O2/c1-3-16(26)10-14-6-5-9-25(12-14)19-8-4-7-18(23-19)22-17-11-15(21)13-24(2)20(17)27/h3-4,7-8,11,13-14H,1,5-6,9-10,12H2,2H3,(H,22,23)/t14-/m1/s1. The van der Waals surface area contributed by atoms with Gasteiger partial charge in [0.05, 0.1) is 0 Å². The number of halogens is 1. The molecule has 0 saturated carbocycles. The van der Waals surface area contributed by atoms with E-state index in [1.54, 1.807) is 19.3 Å². The molecule has 2 aromatic heterocycles. The van der Waals surface area contributed by atoms with Gasteiger partial charge in [-0.25, -0.2) is 4.98 Å². The zero-order valence-corrected chi connectivity index (χ0v) is 16.9. The number of aromatic nitrogens is 2. The number of ketones is 1. The van der Waals surface area contributed by atoms with Gasteiger partial charge < -0.3 is 14.8 Å². The summed E-state index contributed by atoms with van der Waals surface area (Å²) in [6, 6.07) is 7.47. The third-order valence-electron chi connectivity index (χ3n) is 4.71. The Morgan fingerprint density at radius 1 is 1.48 bits per heavy atom. The van der Waals surface area contributed by atoms with Gasteiger partial charge in [0.15, 0.2) is 5.78 Å². The fraction of sp³-hybridized carbons (Fsp3) is 0.350. The van der Waals surface area contributed by atoms with Gasteiger partial charge in [0.25, 0.3) is 5.56 Å². The minimum Gasteiger partial charge on any atom is -0.356 e. The lowest BCUT2D eigenvalue weighted by Crippen LogP contribution is -2.36. The number of hydrogen-bond acceptors (Lipinski definition) is 5. The second-order valence-corrected chi connectivity index (χ2v) is 7.74. The number of nitrogens with one attached hydrogen (secondary N) is 1. The van der Waals surface area contributed by atoms with E-state index in [4.69, 9.17) is 0 Å². The van der Waals surface area contributed by atoms with Crippen LogP contribution in [0.4, 0.5) is 17.3 Å². The van der Waals surface area contributed by atoms with Crippen molar-refractivity contribution in [3.8, 4) is 0 Å². The summed E-state index contributed by atoms with van der Waals surface area (Å²) in [7, 11) is 1.71. The van der Waals surface area contributed by atoms with Crippen molar-refractivity contribution in [2.24, 2.45) is 13.0 Å². The lowest BCUT2D eigenvalue weighted by molar-refractivity contribution is -0.115. The van der Waals surface area contributed by atoms with Gasteiger partial charge in [0.1, 0.15) is 17.3 Å². The van der Waals surface area contributed by atoms with Gasteiger partial charge in [-0.1, -0.05) is 12.6 Å². The van der Waals surface area contributed by atoms with Crippen molar-refractivity contribution >= 4 is 39.0 Å². The molecule has 1 saturated heterocycles. The first-order valence-electron chi connectivity index (χ1n) is 8.96. The van der Waals surface area contributed by atoms with Crippen molar-refractivity contribution in [1.29, 1.82) is 0 Å². The molecule has 0 bridgehead atoms. The number of carbonyl (C=O) groups is 1. The number of piperidine rings is 1. The molecule has 1 aliphatic rings.